The van der Waals surface area contributed by atoms with E-state index in [4.69, 9.17) is 43.0 Å². The van der Waals surface area contributed by atoms with Gasteiger partial charge in [0.05, 0.1) is 56.3 Å². The molecule has 0 aliphatic heterocycles. The second-order valence-electron chi connectivity index (χ2n) is 22.4. The van der Waals surface area contributed by atoms with Crippen LogP contribution in [0.1, 0.15) is 141 Å². The molecule has 8 rings (SSSR count). The zero-order valence-electron chi connectivity index (χ0n) is 50.5. The highest BCUT2D eigenvalue weighted by Gasteiger charge is 2.35. The molecule has 466 valence electrons. The first kappa shape index (κ1) is 65.7. The minimum atomic E-state index is -0.487. The van der Waals surface area contributed by atoms with E-state index in [9.17, 15) is 28.8 Å². The van der Waals surface area contributed by atoms with E-state index in [2.05, 4.69) is 38.3 Å². The zero-order chi connectivity index (χ0) is 61.9. The number of benzene rings is 5. The average molecular weight is 1220 g/mol. The van der Waals surface area contributed by atoms with Crippen LogP contribution < -0.4 is 33.4 Å². The number of nitrogens with zero attached hydrogens (tertiary/aromatic N) is 2. The first-order valence-corrected chi connectivity index (χ1v) is 32.1. The number of rotatable bonds is 34. The standard InChI is InChI=1S/C71H82N2O14S/c1-4-7-8-17-42-73(64-48-54-22-13-16-25-63(54)88-64)72-49-55-47-62(86-70(78)52-30-26-50(27-31-52)68(76)84-58-38-34-56(35-39-58)80-43-18-9-11-20-45-82-65(74)5-2)60-23-14-15-24-61(60)67(55)87-71(79)53-32-28-51(29-33-53)69(77)85-59-40-36-57(37-41-59)81-44-19-10-12-21-46-83-66(75)6-3/h5-6,13-16,22-25,34-41,47-53H,2-4,7-12,17-21,26-33,42-46H2,1H3/b72-49+. The van der Waals surface area contributed by atoms with Gasteiger partial charge in [-0.2, -0.15) is 5.10 Å². The van der Waals surface area contributed by atoms with Crippen LogP contribution in [-0.2, 0) is 38.2 Å². The molecule has 0 saturated heterocycles. The average Bonchev–Trinajstić information content (AvgIpc) is 3.05. The number of unbranched alkanes of at least 4 members (excludes halogenated alkanes) is 9. The smallest absolute Gasteiger partial charge is 0.330 e. The molecule has 1 aromatic heterocycles. The molecule has 16 nitrogen and oxygen atoms in total. The molecule has 0 atom stereocenters. The summed E-state index contributed by atoms with van der Waals surface area (Å²) in [6.45, 7) is 11.4. The summed E-state index contributed by atoms with van der Waals surface area (Å²) in [5, 5.41) is 10.3. The van der Waals surface area contributed by atoms with Gasteiger partial charge < -0.3 is 37.9 Å². The fourth-order valence-corrected chi connectivity index (χ4v) is 11.9. The zero-order valence-corrected chi connectivity index (χ0v) is 51.4. The van der Waals surface area contributed by atoms with Gasteiger partial charge in [-0.25, -0.2) is 9.59 Å². The monoisotopic (exact) mass is 1220 g/mol. The normalized spacial score (nSPS) is 16.5. The van der Waals surface area contributed by atoms with Crippen molar-refractivity contribution < 1.29 is 66.7 Å². The molecule has 6 aromatic rings. The molecule has 0 unspecified atom stereocenters. The van der Waals surface area contributed by atoms with Crippen LogP contribution in [0.4, 0.5) is 5.00 Å². The van der Waals surface area contributed by atoms with E-state index in [1.165, 1.54) is 0 Å². The fourth-order valence-electron chi connectivity index (χ4n) is 10.8. The first-order valence-electron chi connectivity index (χ1n) is 31.2. The van der Waals surface area contributed by atoms with Crippen LogP contribution in [-0.4, -0.2) is 75.0 Å². The number of anilines is 1. The van der Waals surface area contributed by atoms with E-state index in [0.717, 1.165) is 104 Å². The lowest BCUT2D eigenvalue weighted by atomic mass is 9.82. The molecule has 2 fully saturated rings. The summed E-state index contributed by atoms with van der Waals surface area (Å²) in [4.78, 5) is 77.9. The molecule has 2 saturated carbocycles. The van der Waals surface area contributed by atoms with Gasteiger partial charge in [-0.1, -0.05) is 81.8 Å². The highest BCUT2D eigenvalue weighted by molar-refractivity contribution is 7.22. The van der Waals surface area contributed by atoms with Crippen molar-refractivity contribution in [2.24, 2.45) is 28.8 Å². The minimum absolute atomic E-state index is 0.291. The highest BCUT2D eigenvalue weighted by atomic mass is 32.1. The lowest BCUT2D eigenvalue weighted by molar-refractivity contribution is -0.145. The van der Waals surface area contributed by atoms with Crippen LogP contribution in [0.25, 0.3) is 20.9 Å². The third-order valence-electron chi connectivity index (χ3n) is 15.9. The predicted octanol–water partition coefficient (Wildman–Crippen LogP) is 15.4. The van der Waals surface area contributed by atoms with E-state index in [1.54, 1.807) is 72.1 Å². The quantitative estimate of drug-likeness (QED) is 0.00924. The summed E-state index contributed by atoms with van der Waals surface area (Å²) >= 11 is 1.65. The van der Waals surface area contributed by atoms with Gasteiger partial charge in [0.1, 0.15) is 39.5 Å². The Morgan fingerprint density at radius 2 is 0.943 bits per heavy atom. The van der Waals surface area contributed by atoms with Crippen molar-refractivity contribution >= 4 is 79.2 Å². The summed E-state index contributed by atoms with van der Waals surface area (Å²) in [5.74, 6) is -1.36. The first-order chi connectivity index (χ1) is 43.0. The molecular formula is C71H82N2O14S. The molecule has 2 aliphatic carbocycles. The molecule has 0 radical (unpaired) electrons. The van der Waals surface area contributed by atoms with Crippen LogP contribution in [0.2, 0.25) is 0 Å². The third-order valence-corrected chi connectivity index (χ3v) is 17.1. The number of carbonyl (C=O) groups is 6. The molecule has 0 spiro atoms. The van der Waals surface area contributed by atoms with Gasteiger partial charge in [-0.05, 0) is 181 Å². The van der Waals surface area contributed by atoms with Crippen LogP contribution in [0, 0.1) is 23.7 Å². The number of carbonyl (C=O) groups excluding carboxylic acids is 6. The Bertz CT molecular complexity index is 3270. The molecule has 2 aliphatic rings. The Balaban J connectivity index is 0.889. The Hall–Kier alpha value is -8.31. The van der Waals surface area contributed by atoms with Crippen molar-refractivity contribution in [3.63, 3.8) is 0 Å². The SMILES string of the molecule is C=CC(=O)OCCCCCCOc1ccc(OC(=O)C2CCC(C(=O)Oc3cc(/C=N/N(CCCCCC)c4cc5ccccc5s4)c(OC(=O)C4CCC(C(=O)Oc5ccc(OCCCCCCOC(=O)C=C)cc5)CC4)c4ccccc34)CC2)cc1. The van der Waals surface area contributed by atoms with Gasteiger partial charge in [-0.3, -0.25) is 24.2 Å². The van der Waals surface area contributed by atoms with Crippen molar-refractivity contribution in [3.05, 3.63) is 140 Å². The summed E-state index contributed by atoms with van der Waals surface area (Å²) in [6, 6.07) is 33.4. The number of fused-ring (bicyclic) bond motifs is 2. The van der Waals surface area contributed by atoms with Gasteiger partial charge in [-0.15, -0.1) is 11.3 Å². The fraction of sp³-hybridized carbons (Fsp3) is 0.423. The Morgan fingerprint density at radius 1 is 0.500 bits per heavy atom. The molecule has 1 heterocycles. The Labute approximate surface area is 520 Å². The summed E-state index contributed by atoms with van der Waals surface area (Å²) < 4.78 is 47.3. The molecule has 17 heteroatoms. The number of hydrazone groups is 1. The van der Waals surface area contributed by atoms with Crippen LogP contribution >= 0.6 is 11.3 Å². The Morgan fingerprint density at radius 3 is 1.44 bits per heavy atom. The lowest BCUT2D eigenvalue weighted by Crippen LogP contribution is -2.31. The summed E-state index contributed by atoms with van der Waals surface area (Å²) in [5.41, 5.74) is 0.451. The van der Waals surface area contributed by atoms with Gasteiger partial charge in [0.15, 0.2) is 0 Å². The molecule has 0 amide bonds. The van der Waals surface area contributed by atoms with Crippen LogP contribution in [0.3, 0.4) is 0 Å². The second kappa shape index (κ2) is 34.9. The van der Waals surface area contributed by atoms with Crippen molar-refractivity contribution in [2.45, 2.75) is 135 Å². The van der Waals surface area contributed by atoms with Gasteiger partial charge in [0.25, 0.3) is 0 Å². The van der Waals surface area contributed by atoms with Crippen LogP contribution in [0.15, 0.2) is 140 Å². The molecule has 88 heavy (non-hydrogen) atoms. The van der Waals surface area contributed by atoms with E-state index >= 15 is 0 Å². The molecular weight excluding hydrogens is 1140 g/mol. The maximum atomic E-state index is 14.4. The highest BCUT2D eigenvalue weighted by Crippen LogP contribution is 2.41. The largest absolute Gasteiger partial charge is 0.494 e. The van der Waals surface area contributed by atoms with Crippen LogP contribution in [0.5, 0.6) is 34.5 Å². The van der Waals surface area contributed by atoms with Crippen molar-refractivity contribution in [1.82, 2.24) is 0 Å². The Kier molecular flexibility index (Phi) is 26.0. The number of esters is 6. The number of hydrogen-bond donors (Lipinski definition) is 0. The van der Waals surface area contributed by atoms with E-state index in [0.29, 0.717) is 135 Å². The topological polar surface area (TPSA) is 192 Å². The maximum Gasteiger partial charge on any atom is 0.330 e. The maximum absolute atomic E-state index is 14.4. The van der Waals surface area contributed by atoms with Crippen molar-refractivity contribution in [3.8, 4) is 34.5 Å². The van der Waals surface area contributed by atoms with Gasteiger partial charge >= 0.3 is 35.8 Å². The van der Waals surface area contributed by atoms with E-state index < -0.39 is 41.6 Å². The third kappa shape index (κ3) is 20.1. The lowest BCUT2D eigenvalue weighted by Gasteiger charge is -2.27. The summed E-state index contributed by atoms with van der Waals surface area (Å²) in [6.07, 6.45) is 18.6. The van der Waals surface area contributed by atoms with Gasteiger partial charge in [0.2, 0.25) is 0 Å². The minimum Gasteiger partial charge on any atom is -0.494 e. The molecule has 5 aromatic carbocycles. The summed E-state index contributed by atoms with van der Waals surface area (Å²) in [7, 11) is 0. The van der Waals surface area contributed by atoms with Crippen molar-refractivity contribution in [2.75, 3.05) is 38.0 Å². The number of ether oxygens (including phenoxy) is 8. The second-order valence-corrected chi connectivity index (χ2v) is 23.4. The van der Waals surface area contributed by atoms with E-state index in [-0.39, 0.29) is 17.9 Å². The van der Waals surface area contributed by atoms with Gasteiger partial charge in [0, 0.05) is 39.7 Å². The van der Waals surface area contributed by atoms with E-state index in [1.807, 2.05) is 41.4 Å². The number of hydrogen-bond acceptors (Lipinski definition) is 17. The predicted molar refractivity (Wildman–Crippen MR) is 341 cm³/mol. The van der Waals surface area contributed by atoms with Crippen molar-refractivity contribution in [1.29, 1.82) is 0 Å². The molecule has 0 bridgehead atoms. The molecule has 0 N–H and O–H groups in total. The number of thiophene rings is 1.